The summed E-state index contributed by atoms with van der Waals surface area (Å²) in [7, 11) is 0. The smallest absolute Gasteiger partial charge is 0.335 e. The standard InChI is InChI=1S/C26H23NO2S/c28-26(29)19-12-10-18(11-13-19)25-22-8-4-7-21(22)23-15-17(9-14-24(23)27-25)16-30-20-5-2-1-3-6-20/h1-7,9-15,21-22,25,27H,8,16H2,(H,28,29)/t21?,22?,25-/m1/s1. The Morgan fingerprint density at radius 3 is 2.60 bits per heavy atom. The minimum Gasteiger partial charge on any atom is -0.478 e. The van der Waals surface area contributed by atoms with Gasteiger partial charge < -0.3 is 10.4 Å². The summed E-state index contributed by atoms with van der Waals surface area (Å²) in [6, 6.07) is 24.8. The first kappa shape index (κ1) is 19.0. The number of hydrogen-bond acceptors (Lipinski definition) is 3. The molecule has 3 aromatic carbocycles. The Hall–Kier alpha value is -2.98. The highest BCUT2D eigenvalue weighted by Gasteiger charge is 2.37. The van der Waals surface area contributed by atoms with Gasteiger partial charge in [-0.1, -0.05) is 54.6 Å². The number of nitrogens with one attached hydrogen (secondary N) is 1. The summed E-state index contributed by atoms with van der Waals surface area (Å²) in [5.41, 5.74) is 5.37. The third-order valence-electron chi connectivity index (χ3n) is 6.09. The Morgan fingerprint density at radius 2 is 1.83 bits per heavy atom. The summed E-state index contributed by atoms with van der Waals surface area (Å²) >= 11 is 1.86. The maximum atomic E-state index is 11.2. The van der Waals surface area contributed by atoms with Gasteiger partial charge >= 0.3 is 5.97 Å². The van der Waals surface area contributed by atoms with Crippen molar-refractivity contribution in [2.24, 2.45) is 5.92 Å². The van der Waals surface area contributed by atoms with Crippen molar-refractivity contribution in [1.82, 2.24) is 0 Å². The number of thioether (sulfide) groups is 1. The van der Waals surface area contributed by atoms with E-state index in [9.17, 15) is 9.90 Å². The molecule has 3 atom stereocenters. The number of allylic oxidation sites excluding steroid dienone is 2. The average Bonchev–Trinajstić information content (AvgIpc) is 3.28. The lowest BCUT2D eigenvalue weighted by molar-refractivity contribution is 0.0697. The molecule has 0 aromatic heterocycles. The van der Waals surface area contributed by atoms with E-state index in [1.807, 2.05) is 30.0 Å². The normalized spacial score (nSPS) is 21.5. The van der Waals surface area contributed by atoms with Crippen molar-refractivity contribution in [2.75, 3.05) is 5.32 Å². The van der Waals surface area contributed by atoms with Crippen molar-refractivity contribution in [1.29, 1.82) is 0 Å². The van der Waals surface area contributed by atoms with Gasteiger partial charge in [0.15, 0.2) is 0 Å². The van der Waals surface area contributed by atoms with E-state index in [1.165, 1.54) is 21.7 Å². The van der Waals surface area contributed by atoms with Crippen molar-refractivity contribution in [3.8, 4) is 0 Å². The van der Waals surface area contributed by atoms with Gasteiger partial charge in [0.05, 0.1) is 11.6 Å². The van der Waals surface area contributed by atoms with Crippen LogP contribution in [0.1, 0.15) is 45.4 Å². The van der Waals surface area contributed by atoms with Gasteiger partial charge in [-0.05, 0) is 59.4 Å². The lowest BCUT2D eigenvalue weighted by Gasteiger charge is -2.37. The molecule has 1 aliphatic heterocycles. The zero-order chi connectivity index (χ0) is 20.5. The third kappa shape index (κ3) is 3.63. The second-order valence-electron chi connectivity index (χ2n) is 7.93. The molecule has 2 aliphatic rings. The van der Waals surface area contributed by atoms with Gasteiger partial charge in [0, 0.05) is 22.3 Å². The van der Waals surface area contributed by atoms with Crippen LogP contribution in [-0.2, 0) is 5.75 Å². The van der Waals surface area contributed by atoms with Crippen molar-refractivity contribution in [3.63, 3.8) is 0 Å². The Balaban J connectivity index is 1.40. The number of anilines is 1. The van der Waals surface area contributed by atoms with Gasteiger partial charge in [-0.3, -0.25) is 0 Å². The van der Waals surface area contributed by atoms with E-state index in [0.29, 0.717) is 17.4 Å². The second-order valence-corrected chi connectivity index (χ2v) is 8.97. The molecule has 0 spiro atoms. The van der Waals surface area contributed by atoms with Crippen LogP contribution in [0.3, 0.4) is 0 Å². The summed E-state index contributed by atoms with van der Waals surface area (Å²) in [4.78, 5) is 12.5. The predicted octanol–water partition coefficient (Wildman–Crippen LogP) is 6.50. The van der Waals surface area contributed by atoms with E-state index in [-0.39, 0.29) is 6.04 Å². The molecule has 0 bridgehead atoms. The largest absolute Gasteiger partial charge is 0.478 e. The molecule has 4 heteroatoms. The molecule has 2 unspecified atom stereocenters. The first-order valence-corrected chi connectivity index (χ1v) is 11.2. The Bertz CT molecular complexity index is 1090. The van der Waals surface area contributed by atoms with Gasteiger partial charge in [0.1, 0.15) is 0 Å². The van der Waals surface area contributed by atoms with E-state index < -0.39 is 5.97 Å². The summed E-state index contributed by atoms with van der Waals surface area (Å²) in [5.74, 6) is 0.917. The molecule has 1 heterocycles. The van der Waals surface area contributed by atoms with Crippen LogP contribution in [0.5, 0.6) is 0 Å². The number of fused-ring (bicyclic) bond motifs is 3. The van der Waals surface area contributed by atoms with Gasteiger partial charge in [0.25, 0.3) is 0 Å². The lowest BCUT2D eigenvalue weighted by atomic mass is 9.76. The number of rotatable bonds is 5. The van der Waals surface area contributed by atoms with Crippen molar-refractivity contribution >= 4 is 23.4 Å². The topological polar surface area (TPSA) is 49.3 Å². The molecule has 0 amide bonds. The van der Waals surface area contributed by atoms with Crippen molar-refractivity contribution in [3.05, 3.63) is 107 Å². The fraction of sp³-hybridized carbons (Fsp3) is 0.192. The number of carboxylic acids is 1. The summed E-state index contributed by atoms with van der Waals surface area (Å²) in [5, 5.41) is 12.9. The summed E-state index contributed by atoms with van der Waals surface area (Å²) in [6.45, 7) is 0. The van der Waals surface area contributed by atoms with E-state index in [2.05, 4.69) is 59.9 Å². The monoisotopic (exact) mass is 413 g/mol. The fourth-order valence-corrected chi connectivity index (χ4v) is 5.44. The molecule has 5 rings (SSSR count). The number of benzene rings is 3. The number of carboxylic acid groups (broad SMARTS) is 1. The first-order valence-electron chi connectivity index (χ1n) is 10.3. The summed E-state index contributed by atoms with van der Waals surface area (Å²) < 4.78 is 0. The summed E-state index contributed by atoms with van der Waals surface area (Å²) in [6.07, 6.45) is 5.67. The fourth-order valence-electron chi connectivity index (χ4n) is 4.58. The minimum atomic E-state index is -0.884. The Morgan fingerprint density at radius 1 is 1.03 bits per heavy atom. The maximum absolute atomic E-state index is 11.2. The second kappa shape index (κ2) is 8.04. The molecule has 0 saturated carbocycles. The molecular weight excluding hydrogens is 390 g/mol. The molecule has 0 fully saturated rings. The maximum Gasteiger partial charge on any atom is 0.335 e. The highest BCUT2D eigenvalue weighted by atomic mass is 32.2. The molecular formula is C26H23NO2S. The first-order chi connectivity index (χ1) is 14.7. The van der Waals surface area contributed by atoms with Crippen LogP contribution in [-0.4, -0.2) is 11.1 Å². The SMILES string of the molecule is O=C(O)c1ccc([C@H]2Nc3ccc(CSc4ccccc4)cc3C3C=CCC32)cc1. The average molecular weight is 414 g/mol. The number of hydrogen-bond donors (Lipinski definition) is 2. The van der Waals surface area contributed by atoms with Crippen LogP contribution >= 0.6 is 11.8 Å². The molecule has 30 heavy (non-hydrogen) atoms. The van der Waals surface area contributed by atoms with Gasteiger partial charge in [-0.15, -0.1) is 11.8 Å². The molecule has 150 valence electrons. The van der Waals surface area contributed by atoms with Gasteiger partial charge in [0.2, 0.25) is 0 Å². The van der Waals surface area contributed by atoms with Crippen LogP contribution in [0.25, 0.3) is 0 Å². The molecule has 2 N–H and O–H groups in total. The molecule has 0 saturated heterocycles. The molecule has 3 nitrogen and oxygen atoms in total. The zero-order valence-electron chi connectivity index (χ0n) is 16.5. The van der Waals surface area contributed by atoms with Crippen LogP contribution in [0.15, 0.2) is 89.8 Å². The van der Waals surface area contributed by atoms with Crippen LogP contribution in [0, 0.1) is 5.92 Å². The molecule has 1 aliphatic carbocycles. The Labute approximate surface area is 180 Å². The van der Waals surface area contributed by atoms with Crippen molar-refractivity contribution < 1.29 is 9.90 Å². The van der Waals surface area contributed by atoms with Crippen LogP contribution in [0.2, 0.25) is 0 Å². The third-order valence-corrected chi connectivity index (χ3v) is 7.18. The Kier molecular flexibility index (Phi) is 5.09. The molecule has 3 aromatic rings. The molecule has 0 radical (unpaired) electrons. The predicted molar refractivity (Wildman–Crippen MR) is 122 cm³/mol. The van der Waals surface area contributed by atoms with E-state index in [1.54, 1.807) is 12.1 Å². The quantitative estimate of drug-likeness (QED) is 0.370. The van der Waals surface area contributed by atoms with Crippen LogP contribution < -0.4 is 5.32 Å². The highest BCUT2D eigenvalue weighted by molar-refractivity contribution is 7.98. The zero-order valence-corrected chi connectivity index (χ0v) is 17.3. The van der Waals surface area contributed by atoms with E-state index in [0.717, 1.165) is 17.7 Å². The number of aromatic carboxylic acids is 1. The highest BCUT2D eigenvalue weighted by Crippen LogP contribution is 2.50. The van der Waals surface area contributed by atoms with E-state index >= 15 is 0 Å². The minimum absolute atomic E-state index is 0.185. The van der Waals surface area contributed by atoms with Gasteiger partial charge in [-0.25, -0.2) is 4.79 Å². The van der Waals surface area contributed by atoms with Crippen LogP contribution in [0.4, 0.5) is 5.69 Å². The van der Waals surface area contributed by atoms with E-state index in [4.69, 9.17) is 0 Å². The van der Waals surface area contributed by atoms with Gasteiger partial charge in [-0.2, -0.15) is 0 Å². The number of carbonyl (C=O) groups is 1. The lowest BCUT2D eigenvalue weighted by Crippen LogP contribution is -2.29. The van der Waals surface area contributed by atoms with Crippen molar-refractivity contribution in [2.45, 2.75) is 29.0 Å².